The second-order valence-electron chi connectivity index (χ2n) is 9.68. The molecule has 2 atom stereocenters. The van der Waals surface area contributed by atoms with E-state index in [0.29, 0.717) is 0 Å². The van der Waals surface area contributed by atoms with Crippen LogP contribution in [0.3, 0.4) is 0 Å². The summed E-state index contributed by atoms with van der Waals surface area (Å²) in [6.45, 7) is 2.08. The molecular formula is C34H31N3O6. The molecule has 1 aliphatic heterocycles. The molecule has 0 spiro atoms. The van der Waals surface area contributed by atoms with Crippen molar-refractivity contribution < 1.29 is 28.6 Å². The van der Waals surface area contributed by atoms with Gasteiger partial charge in [-0.05, 0) is 61.0 Å². The second kappa shape index (κ2) is 13.0. The summed E-state index contributed by atoms with van der Waals surface area (Å²) in [4.78, 5) is 46.0. The van der Waals surface area contributed by atoms with Crippen LogP contribution in [0.4, 0.5) is 17.1 Å². The van der Waals surface area contributed by atoms with Crippen LogP contribution in [0.1, 0.15) is 12.5 Å². The third-order valence-electron chi connectivity index (χ3n) is 7.04. The second-order valence-corrected chi connectivity index (χ2v) is 9.68. The van der Waals surface area contributed by atoms with Crippen molar-refractivity contribution in [2.24, 2.45) is 10.9 Å². The van der Waals surface area contributed by atoms with Crippen LogP contribution >= 0.6 is 0 Å². The summed E-state index contributed by atoms with van der Waals surface area (Å²) in [5.74, 6) is -2.18. The summed E-state index contributed by atoms with van der Waals surface area (Å²) in [5.41, 5.74) is 3.97. The number of ether oxygens (including phenoxy) is 3. The Morgan fingerprint density at radius 1 is 0.907 bits per heavy atom. The number of nitrogens with zero attached hydrogens (tertiary/aromatic N) is 3. The van der Waals surface area contributed by atoms with Gasteiger partial charge in [0.15, 0.2) is 5.76 Å². The molecule has 1 heterocycles. The van der Waals surface area contributed by atoms with E-state index in [1.54, 1.807) is 13.0 Å². The van der Waals surface area contributed by atoms with Crippen molar-refractivity contribution in [3.8, 4) is 0 Å². The average Bonchev–Trinajstić information content (AvgIpc) is 3.34. The minimum Gasteiger partial charge on any atom is -0.468 e. The van der Waals surface area contributed by atoms with Crippen molar-refractivity contribution in [1.29, 1.82) is 0 Å². The Kier molecular flexibility index (Phi) is 8.81. The van der Waals surface area contributed by atoms with Gasteiger partial charge < -0.3 is 19.1 Å². The van der Waals surface area contributed by atoms with Gasteiger partial charge in [0.1, 0.15) is 5.92 Å². The van der Waals surface area contributed by atoms with Crippen molar-refractivity contribution in [2.75, 3.05) is 25.7 Å². The lowest BCUT2D eigenvalue weighted by atomic mass is 9.92. The number of likely N-dealkylation sites (N-methyl/N-ethyl adjacent to an activating group) is 1. The van der Waals surface area contributed by atoms with E-state index in [-0.39, 0.29) is 29.8 Å². The van der Waals surface area contributed by atoms with Gasteiger partial charge in [0.2, 0.25) is 0 Å². The number of amidine groups is 1. The number of benzene rings is 3. The first-order valence-electron chi connectivity index (χ1n) is 13.8. The van der Waals surface area contributed by atoms with E-state index in [1.807, 2.05) is 84.9 Å². The lowest BCUT2D eigenvalue weighted by Crippen LogP contribution is -2.34. The van der Waals surface area contributed by atoms with E-state index in [9.17, 15) is 14.4 Å². The van der Waals surface area contributed by atoms with Gasteiger partial charge >= 0.3 is 18.0 Å². The molecule has 1 amide bonds. The van der Waals surface area contributed by atoms with Gasteiger partial charge in [-0.2, -0.15) is 0 Å². The van der Waals surface area contributed by atoms with Crippen molar-refractivity contribution in [3.63, 3.8) is 0 Å². The molecule has 43 heavy (non-hydrogen) atoms. The number of carbonyl (C=O) groups is 3. The molecule has 0 radical (unpaired) electrons. The maximum absolute atomic E-state index is 13.3. The smallest absolute Gasteiger partial charge is 0.337 e. The standard InChI is InChI=1S/C34H31N3O6/c1-4-36-31(38)30(43-34(36)35-29-22-24(32(39)41-2)17-20-28(29)33(40)42-3)21-23-15-18-27(19-16-23)37(25-11-7-5-8-12-25)26-13-9-6-10-14-26/h5-22,28-29H,4H2,1-3H3/b30-21+,35-34?. The van der Waals surface area contributed by atoms with Crippen LogP contribution in [0.25, 0.3) is 6.08 Å². The van der Waals surface area contributed by atoms with E-state index in [4.69, 9.17) is 14.2 Å². The van der Waals surface area contributed by atoms with Crippen molar-refractivity contribution >= 4 is 47.0 Å². The Morgan fingerprint density at radius 3 is 2.07 bits per heavy atom. The van der Waals surface area contributed by atoms with Gasteiger partial charge in [0.05, 0.1) is 25.8 Å². The van der Waals surface area contributed by atoms with Gasteiger partial charge in [-0.3, -0.25) is 14.5 Å². The first-order chi connectivity index (χ1) is 20.9. The SMILES string of the molecule is CCN1C(=O)/C(=C\c2ccc(N(c3ccccc3)c3ccccc3)cc2)OC1=NC1C=C(C(=O)OC)C=CC1C(=O)OC. The Balaban J connectivity index is 1.43. The number of hydrogen-bond donors (Lipinski definition) is 0. The summed E-state index contributed by atoms with van der Waals surface area (Å²) >= 11 is 0. The predicted molar refractivity (Wildman–Crippen MR) is 164 cm³/mol. The highest BCUT2D eigenvalue weighted by Crippen LogP contribution is 2.34. The Bertz CT molecular complexity index is 1570. The van der Waals surface area contributed by atoms with Gasteiger partial charge in [-0.25, -0.2) is 9.79 Å². The molecule has 3 aromatic rings. The maximum Gasteiger partial charge on any atom is 0.337 e. The van der Waals surface area contributed by atoms with E-state index in [0.717, 1.165) is 22.6 Å². The number of carbonyl (C=O) groups excluding carboxylic acids is 3. The summed E-state index contributed by atoms with van der Waals surface area (Å²) < 4.78 is 15.7. The molecule has 3 aromatic carbocycles. The number of amides is 1. The molecule has 0 aromatic heterocycles. The molecule has 1 saturated heterocycles. The normalized spacial score (nSPS) is 19.7. The molecule has 9 nitrogen and oxygen atoms in total. The third kappa shape index (κ3) is 6.25. The predicted octanol–water partition coefficient (Wildman–Crippen LogP) is 5.56. The molecule has 2 aliphatic rings. The van der Waals surface area contributed by atoms with Crippen molar-refractivity contribution in [1.82, 2.24) is 4.90 Å². The molecular weight excluding hydrogens is 546 g/mol. The zero-order valence-corrected chi connectivity index (χ0v) is 24.0. The Hall–Kier alpha value is -5.44. The van der Waals surface area contributed by atoms with Crippen LogP contribution in [-0.2, 0) is 28.6 Å². The lowest BCUT2D eigenvalue weighted by Gasteiger charge is -2.25. The number of rotatable bonds is 8. The average molecular weight is 578 g/mol. The van der Waals surface area contributed by atoms with E-state index in [1.165, 1.54) is 37.3 Å². The highest BCUT2D eigenvalue weighted by atomic mass is 16.5. The summed E-state index contributed by atoms with van der Waals surface area (Å²) in [5, 5.41) is 0. The van der Waals surface area contributed by atoms with Crippen molar-refractivity contribution in [3.05, 3.63) is 120 Å². The first kappa shape index (κ1) is 29.1. The van der Waals surface area contributed by atoms with Crippen LogP contribution in [0.2, 0.25) is 0 Å². The zero-order valence-electron chi connectivity index (χ0n) is 24.0. The largest absolute Gasteiger partial charge is 0.468 e. The molecule has 1 aliphatic carbocycles. The molecule has 0 bridgehead atoms. The van der Waals surface area contributed by atoms with Gasteiger partial charge in [0.25, 0.3) is 5.91 Å². The Morgan fingerprint density at radius 2 is 1.51 bits per heavy atom. The van der Waals surface area contributed by atoms with Gasteiger partial charge in [-0.15, -0.1) is 0 Å². The highest BCUT2D eigenvalue weighted by Gasteiger charge is 2.37. The summed E-state index contributed by atoms with van der Waals surface area (Å²) in [6, 6.07) is 27.1. The molecule has 5 rings (SSSR count). The zero-order chi connectivity index (χ0) is 30.3. The van der Waals surface area contributed by atoms with Crippen LogP contribution < -0.4 is 4.90 Å². The Labute approximate surface area is 250 Å². The molecule has 9 heteroatoms. The number of hydrogen-bond acceptors (Lipinski definition) is 8. The summed E-state index contributed by atoms with van der Waals surface area (Å²) in [6.07, 6.45) is 6.19. The fourth-order valence-corrected chi connectivity index (χ4v) is 4.87. The molecule has 0 N–H and O–H groups in total. The molecule has 2 unspecified atom stereocenters. The topological polar surface area (TPSA) is 97.7 Å². The fourth-order valence-electron chi connectivity index (χ4n) is 4.87. The third-order valence-corrected chi connectivity index (χ3v) is 7.04. The number of aliphatic imine (C=N–C) groups is 1. The van der Waals surface area contributed by atoms with Gasteiger partial charge in [0, 0.05) is 23.6 Å². The molecule has 218 valence electrons. The van der Waals surface area contributed by atoms with Crippen LogP contribution in [0, 0.1) is 5.92 Å². The number of para-hydroxylation sites is 2. The number of esters is 2. The monoisotopic (exact) mass is 577 g/mol. The molecule has 1 fully saturated rings. The quantitative estimate of drug-likeness (QED) is 0.255. The van der Waals surface area contributed by atoms with E-state index >= 15 is 0 Å². The van der Waals surface area contributed by atoms with Crippen LogP contribution in [-0.4, -0.2) is 55.6 Å². The van der Waals surface area contributed by atoms with Crippen molar-refractivity contribution in [2.45, 2.75) is 13.0 Å². The lowest BCUT2D eigenvalue weighted by molar-refractivity contribution is -0.144. The number of methoxy groups -OCH3 is 2. The van der Waals surface area contributed by atoms with Crippen LogP contribution in [0.15, 0.2) is 119 Å². The highest BCUT2D eigenvalue weighted by molar-refractivity contribution is 6.11. The minimum absolute atomic E-state index is 0.0318. The van der Waals surface area contributed by atoms with E-state index < -0.39 is 23.9 Å². The number of anilines is 3. The molecule has 0 saturated carbocycles. The van der Waals surface area contributed by atoms with Gasteiger partial charge in [-0.1, -0.05) is 60.7 Å². The maximum atomic E-state index is 13.3. The van der Waals surface area contributed by atoms with E-state index in [2.05, 4.69) is 9.89 Å². The summed E-state index contributed by atoms with van der Waals surface area (Å²) in [7, 11) is 2.55. The minimum atomic E-state index is -0.844. The van der Waals surface area contributed by atoms with Crippen LogP contribution in [0.5, 0.6) is 0 Å². The fraction of sp³-hybridized carbons (Fsp3) is 0.176. The first-order valence-corrected chi connectivity index (χ1v) is 13.8.